The van der Waals surface area contributed by atoms with Crippen molar-refractivity contribution in [2.45, 2.75) is 34.6 Å². The molecule has 3 heteroatoms. The Kier molecular flexibility index (Phi) is 10.8. The standard InChI is InChI=1S/C28H38N2S/c1-6-29(18-10-8-9-17-28(3,4)5)20-21-30(7-2)19-12-14-25-13-11-15-26(23-25)27-16-22-31-24-27/h8,10-16,22-24H,6-7,18-21H2,1-5H3/b10-8+,14-12+. The summed E-state index contributed by atoms with van der Waals surface area (Å²) in [7, 11) is 0. The van der Waals surface area contributed by atoms with E-state index in [9.17, 15) is 0 Å². The van der Waals surface area contributed by atoms with Gasteiger partial charge in [-0.25, -0.2) is 0 Å². The fourth-order valence-corrected chi connectivity index (χ4v) is 3.81. The summed E-state index contributed by atoms with van der Waals surface area (Å²) in [6.45, 7) is 17.1. The van der Waals surface area contributed by atoms with Gasteiger partial charge < -0.3 is 0 Å². The minimum atomic E-state index is 0.0646. The molecule has 0 aliphatic heterocycles. The van der Waals surface area contributed by atoms with Crippen LogP contribution in [0.3, 0.4) is 0 Å². The second kappa shape index (κ2) is 13.3. The summed E-state index contributed by atoms with van der Waals surface area (Å²) < 4.78 is 0. The molecule has 0 fully saturated rings. The lowest BCUT2D eigenvalue weighted by atomic mass is 9.98. The predicted molar refractivity (Wildman–Crippen MR) is 139 cm³/mol. The van der Waals surface area contributed by atoms with Gasteiger partial charge in [0.05, 0.1) is 0 Å². The third-order valence-corrected chi connectivity index (χ3v) is 5.74. The van der Waals surface area contributed by atoms with Crippen LogP contribution in [-0.2, 0) is 0 Å². The maximum absolute atomic E-state index is 3.25. The molecular weight excluding hydrogens is 396 g/mol. The molecular formula is C28H38N2S. The van der Waals surface area contributed by atoms with E-state index in [-0.39, 0.29) is 5.41 Å². The minimum absolute atomic E-state index is 0.0646. The van der Waals surface area contributed by atoms with E-state index in [1.165, 1.54) is 16.7 Å². The number of allylic oxidation sites excluding steroid dienone is 1. The molecule has 2 aromatic rings. The van der Waals surface area contributed by atoms with Crippen molar-refractivity contribution in [2.75, 3.05) is 39.3 Å². The molecule has 0 bridgehead atoms. The summed E-state index contributed by atoms with van der Waals surface area (Å²) in [5, 5.41) is 4.33. The molecule has 31 heavy (non-hydrogen) atoms. The Morgan fingerprint density at radius 3 is 2.26 bits per heavy atom. The van der Waals surface area contributed by atoms with Gasteiger partial charge in [-0.3, -0.25) is 9.80 Å². The van der Waals surface area contributed by atoms with E-state index in [0.29, 0.717) is 0 Å². The van der Waals surface area contributed by atoms with Gasteiger partial charge in [0.2, 0.25) is 0 Å². The highest BCUT2D eigenvalue weighted by molar-refractivity contribution is 7.08. The fourth-order valence-electron chi connectivity index (χ4n) is 3.15. The summed E-state index contributed by atoms with van der Waals surface area (Å²) in [5.41, 5.74) is 3.91. The lowest BCUT2D eigenvalue weighted by Crippen LogP contribution is -2.35. The first-order valence-corrected chi connectivity index (χ1v) is 12.3. The number of hydrogen-bond donors (Lipinski definition) is 0. The van der Waals surface area contributed by atoms with Gasteiger partial charge >= 0.3 is 0 Å². The zero-order chi connectivity index (χ0) is 22.5. The van der Waals surface area contributed by atoms with Crippen LogP contribution in [0.4, 0.5) is 0 Å². The number of benzene rings is 1. The second-order valence-electron chi connectivity index (χ2n) is 8.75. The lowest BCUT2D eigenvalue weighted by molar-refractivity contribution is 0.241. The van der Waals surface area contributed by atoms with Crippen molar-refractivity contribution in [3.63, 3.8) is 0 Å². The largest absolute Gasteiger partial charge is 0.299 e. The maximum atomic E-state index is 3.25. The van der Waals surface area contributed by atoms with Crippen molar-refractivity contribution >= 4 is 17.4 Å². The molecule has 0 radical (unpaired) electrons. The average Bonchev–Trinajstić information content (AvgIpc) is 3.28. The molecule has 0 aliphatic carbocycles. The predicted octanol–water partition coefficient (Wildman–Crippen LogP) is 6.68. The van der Waals surface area contributed by atoms with Gasteiger partial charge in [0, 0.05) is 31.6 Å². The summed E-state index contributed by atoms with van der Waals surface area (Å²) >= 11 is 1.74. The Hall–Kier alpha value is -2.12. The maximum Gasteiger partial charge on any atom is 0.0233 e. The van der Waals surface area contributed by atoms with E-state index in [2.05, 4.69) is 116 Å². The van der Waals surface area contributed by atoms with Gasteiger partial charge in [0.25, 0.3) is 0 Å². The number of rotatable bonds is 11. The van der Waals surface area contributed by atoms with Crippen LogP contribution in [0.2, 0.25) is 0 Å². The molecule has 0 aliphatic rings. The SMILES string of the molecule is CCN(C/C=C/C#CC(C)(C)C)CCN(CC)C/C=C/c1cccc(-c2ccsc2)c1. The molecule has 0 amide bonds. The highest BCUT2D eigenvalue weighted by Crippen LogP contribution is 2.23. The molecule has 2 rings (SSSR count). The highest BCUT2D eigenvalue weighted by atomic mass is 32.1. The zero-order valence-corrected chi connectivity index (χ0v) is 20.7. The third-order valence-electron chi connectivity index (χ3n) is 5.05. The summed E-state index contributed by atoms with van der Waals surface area (Å²) in [6.07, 6.45) is 8.71. The van der Waals surface area contributed by atoms with Crippen LogP contribution in [0.5, 0.6) is 0 Å². The summed E-state index contributed by atoms with van der Waals surface area (Å²) in [4.78, 5) is 4.96. The lowest BCUT2D eigenvalue weighted by Gasteiger charge is -2.24. The van der Waals surface area contributed by atoms with E-state index in [1.54, 1.807) is 11.3 Å². The van der Waals surface area contributed by atoms with Crippen molar-refractivity contribution < 1.29 is 0 Å². The summed E-state index contributed by atoms with van der Waals surface area (Å²) in [6, 6.07) is 10.9. The molecule has 2 nitrogen and oxygen atoms in total. The Bertz CT molecular complexity index is 876. The van der Waals surface area contributed by atoms with Crippen molar-refractivity contribution in [3.05, 3.63) is 64.9 Å². The topological polar surface area (TPSA) is 6.48 Å². The molecule has 1 heterocycles. The molecule has 1 aromatic heterocycles. The van der Waals surface area contributed by atoms with Gasteiger partial charge in [-0.2, -0.15) is 11.3 Å². The number of nitrogens with zero attached hydrogens (tertiary/aromatic N) is 2. The first-order valence-electron chi connectivity index (χ1n) is 11.3. The van der Waals surface area contributed by atoms with Crippen LogP contribution in [0, 0.1) is 17.3 Å². The Labute approximate surface area is 194 Å². The van der Waals surface area contributed by atoms with E-state index < -0.39 is 0 Å². The quantitative estimate of drug-likeness (QED) is 0.364. The molecule has 0 unspecified atom stereocenters. The monoisotopic (exact) mass is 434 g/mol. The fraction of sp³-hybridized carbons (Fsp3) is 0.429. The van der Waals surface area contributed by atoms with Gasteiger partial charge in [0.1, 0.15) is 0 Å². The molecule has 0 saturated heterocycles. The van der Waals surface area contributed by atoms with Crippen LogP contribution >= 0.6 is 11.3 Å². The average molecular weight is 435 g/mol. The van der Waals surface area contributed by atoms with Crippen LogP contribution in [-0.4, -0.2) is 49.1 Å². The highest BCUT2D eigenvalue weighted by Gasteiger charge is 2.05. The van der Waals surface area contributed by atoms with Crippen molar-refractivity contribution in [1.82, 2.24) is 9.80 Å². The molecule has 0 spiro atoms. The Morgan fingerprint density at radius 1 is 0.935 bits per heavy atom. The first-order chi connectivity index (χ1) is 14.9. The second-order valence-corrected chi connectivity index (χ2v) is 9.53. The molecule has 166 valence electrons. The van der Waals surface area contributed by atoms with Crippen LogP contribution in [0.25, 0.3) is 17.2 Å². The van der Waals surface area contributed by atoms with E-state index in [0.717, 1.165) is 39.3 Å². The normalized spacial score (nSPS) is 12.2. The van der Waals surface area contributed by atoms with E-state index in [1.807, 2.05) is 6.08 Å². The molecule has 0 saturated carbocycles. The molecule has 1 aromatic carbocycles. The number of thiophene rings is 1. The smallest absolute Gasteiger partial charge is 0.0233 e. The third kappa shape index (κ3) is 10.2. The van der Waals surface area contributed by atoms with Gasteiger partial charge in [-0.1, -0.05) is 62.1 Å². The minimum Gasteiger partial charge on any atom is -0.299 e. The molecule has 0 atom stereocenters. The number of hydrogen-bond acceptors (Lipinski definition) is 3. The van der Waals surface area contributed by atoms with Crippen LogP contribution in [0.1, 0.15) is 40.2 Å². The van der Waals surface area contributed by atoms with Crippen molar-refractivity contribution in [1.29, 1.82) is 0 Å². The summed E-state index contributed by atoms with van der Waals surface area (Å²) in [5.74, 6) is 6.41. The Balaban J connectivity index is 1.81. The van der Waals surface area contributed by atoms with Crippen molar-refractivity contribution in [3.8, 4) is 23.0 Å². The van der Waals surface area contributed by atoms with E-state index >= 15 is 0 Å². The van der Waals surface area contributed by atoms with Gasteiger partial charge in [-0.15, -0.1) is 0 Å². The van der Waals surface area contributed by atoms with Gasteiger partial charge in [-0.05, 0) is 79.5 Å². The first kappa shape index (κ1) is 25.1. The van der Waals surface area contributed by atoms with Crippen LogP contribution in [0.15, 0.2) is 59.3 Å². The van der Waals surface area contributed by atoms with Crippen LogP contribution < -0.4 is 0 Å². The Morgan fingerprint density at radius 2 is 1.65 bits per heavy atom. The van der Waals surface area contributed by atoms with E-state index in [4.69, 9.17) is 0 Å². The van der Waals surface area contributed by atoms with Gasteiger partial charge in [0.15, 0.2) is 0 Å². The van der Waals surface area contributed by atoms with Crippen molar-refractivity contribution in [2.24, 2.45) is 5.41 Å². The zero-order valence-electron chi connectivity index (χ0n) is 19.9. The number of likely N-dealkylation sites (N-methyl/N-ethyl adjacent to an activating group) is 2. The molecule has 0 N–H and O–H groups in total.